The lowest BCUT2D eigenvalue weighted by atomic mass is 9.90. The summed E-state index contributed by atoms with van der Waals surface area (Å²) < 4.78 is 16.8. The van der Waals surface area contributed by atoms with Gasteiger partial charge in [0.25, 0.3) is 0 Å². The van der Waals surface area contributed by atoms with Gasteiger partial charge >= 0.3 is 0 Å². The molecule has 104 valence electrons. The van der Waals surface area contributed by atoms with Gasteiger partial charge in [-0.25, -0.2) is 0 Å². The maximum Gasteiger partial charge on any atom is 0.167 e. The van der Waals surface area contributed by atoms with Gasteiger partial charge < -0.3 is 14.2 Å². The van der Waals surface area contributed by atoms with Gasteiger partial charge in [0.1, 0.15) is 5.75 Å². The minimum Gasteiger partial charge on any atom is -0.493 e. The normalized spacial score (nSPS) is 17.0. The van der Waals surface area contributed by atoms with Crippen LogP contribution in [0.15, 0.2) is 42.5 Å². The third-order valence-corrected chi connectivity index (χ3v) is 3.77. The summed E-state index contributed by atoms with van der Waals surface area (Å²) in [5.41, 5.74) is 2.38. The fraction of sp³-hybridized carbons (Fsp3) is 0.294. The van der Waals surface area contributed by atoms with Gasteiger partial charge in [-0.2, -0.15) is 0 Å². The van der Waals surface area contributed by atoms with Crippen LogP contribution >= 0.6 is 0 Å². The second-order valence-corrected chi connectivity index (χ2v) is 4.90. The van der Waals surface area contributed by atoms with Crippen LogP contribution in [0.3, 0.4) is 0 Å². The molecule has 1 aliphatic heterocycles. The maximum absolute atomic E-state index is 5.90. The van der Waals surface area contributed by atoms with Crippen molar-refractivity contribution in [1.29, 1.82) is 0 Å². The van der Waals surface area contributed by atoms with Crippen LogP contribution in [0.2, 0.25) is 0 Å². The Hall–Kier alpha value is -2.16. The molecule has 3 heteroatoms. The Kier molecular flexibility index (Phi) is 3.50. The largest absolute Gasteiger partial charge is 0.493 e. The third-order valence-electron chi connectivity index (χ3n) is 3.77. The molecule has 0 saturated heterocycles. The molecule has 3 rings (SSSR count). The molecule has 0 aliphatic carbocycles. The number of fused-ring (bicyclic) bond motifs is 1. The molecule has 3 nitrogen and oxygen atoms in total. The Morgan fingerprint density at radius 3 is 2.50 bits per heavy atom. The minimum absolute atomic E-state index is 0.352. The average molecular weight is 270 g/mol. The van der Waals surface area contributed by atoms with Crippen molar-refractivity contribution in [2.24, 2.45) is 0 Å². The van der Waals surface area contributed by atoms with Crippen LogP contribution in [0.25, 0.3) is 0 Å². The van der Waals surface area contributed by atoms with E-state index in [9.17, 15) is 0 Å². The number of hydrogen-bond acceptors (Lipinski definition) is 3. The lowest BCUT2D eigenvalue weighted by Crippen LogP contribution is -2.20. The Labute approximate surface area is 119 Å². The van der Waals surface area contributed by atoms with Crippen molar-refractivity contribution < 1.29 is 14.2 Å². The van der Waals surface area contributed by atoms with E-state index in [4.69, 9.17) is 14.2 Å². The molecule has 1 atom stereocenters. The molecular weight excluding hydrogens is 252 g/mol. The average Bonchev–Trinajstić information content (AvgIpc) is 2.54. The molecule has 20 heavy (non-hydrogen) atoms. The molecule has 0 radical (unpaired) electrons. The molecule has 0 N–H and O–H groups in total. The number of benzene rings is 2. The Morgan fingerprint density at radius 2 is 1.80 bits per heavy atom. The summed E-state index contributed by atoms with van der Waals surface area (Å²) in [7, 11) is 3.33. The first-order chi connectivity index (χ1) is 9.83. The highest BCUT2D eigenvalue weighted by molar-refractivity contribution is 5.55. The zero-order valence-electron chi connectivity index (χ0n) is 11.8. The van der Waals surface area contributed by atoms with Crippen molar-refractivity contribution in [2.75, 3.05) is 20.8 Å². The van der Waals surface area contributed by atoms with Crippen LogP contribution in [0.1, 0.15) is 17.0 Å². The van der Waals surface area contributed by atoms with Crippen molar-refractivity contribution in [3.63, 3.8) is 0 Å². The molecule has 1 aliphatic rings. The van der Waals surface area contributed by atoms with Crippen molar-refractivity contribution >= 4 is 0 Å². The van der Waals surface area contributed by atoms with Gasteiger partial charge in [0, 0.05) is 11.5 Å². The SMILES string of the molecule is COc1ccc2c(c1OC)CC(c1ccccc1)CO2. The Morgan fingerprint density at radius 1 is 1.00 bits per heavy atom. The number of hydrogen-bond donors (Lipinski definition) is 0. The highest BCUT2D eigenvalue weighted by Crippen LogP contribution is 2.42. The summed E-state index contributed by atoms with van der Waals surface area (Å²) in [5, 5.41) is 0. The number of ether oxygens (including phenoxy) is 3. The van der Waals surface area contributed by atoms with Gasteiger partial charge in [-0.15, -0.1) is 0 Å². The summed E-state index contributed by atoms with van der Waals surface area (Å²) in [6.07, 6.45) is 0.902. The van der Waals surface area contributed by atoms with E-state index in [1.165, 1.54) is 5.56 Å². The summed E-state index contributed by atoms with van der Waals surface area (Å²) in [6, 6.07) is 14.3. The van der Waals surface area contributed by atoms with E-state index in [0.717, 1.165) is 29.2 Å². The van der Waals surface area contributed by atoms with E-state index in [1.54, 1.807) is 14.2 Å². The minimum atomic E-state index is 0.352. The maximum atomic E-state index is 5.90. The summed E-state index contributed by atoms with van der Waals surface area (Å²) in [4.78, 5) is 0. The summed E-state index contributed by atoms with van der Waals surface area (Å²) >= 11 is 0. The van der Waals surface area contributed by atoms with Crippen molar-refractivity contribution in [1.82, 2.24) is 0 Å². The molecule has 0 fully saturated rings. The first-order valence-corrected chi connectivity index (χ1v) is 6.75. The van der Waals surface area contributed by atoms with Crippen molar-refractivity contribution in [3.05, 3.63) is 53.6 Å². The van der Waals surface area contributed by atoms with Gasteiger partial charge in [-0.05, 0) is 24.1 Å². The molecule has 1 unspecified atom stereocenters. The lowest BCUT2D eigenvalue weighted by molar-refractivity contribution is 0.254. The molecule has 0 amide bonds. The van der Waals surface area contributed by atoms with Gasteiger partial charge in [-0.1, -0.05) is 30.3 Å². The smallest absolute Gasteiger partial charge is 0.167 e. The van der Waals surface area contributed by atoms with Crippen LogP contribution in [-0.4, -0.2) is 20.8 Å². The topological polar surface area (TPSA) is 27.7 Å². The highest BCUT2D eigenvalue weighted by Gasteiger charge is 2.26. The zero-order chi connectivity index (χ0) is 13.9. The van der Waals surface area contributed by atoms with E-state index < -0.39 is 0 Å². The predicted molar refractivity (Wildman–Crippen MR) is 77.9 cm³/mol. The lowest BCUT2D eigenvalue weighted by Gasteiger charge is -2.27. The first-order valence-electron chi connectivity index (χ1n) is 6.75. The quantitative estimate of drug-likeness (QED) is 0.855. The van der Waals surface area contributed by atoms with E-state index >= 15 is 0 Å². The summed E-state index contributed by atoms with van der Waals surface area (Å²) in [6.45, 7) is 0.701. The zero-order valence-corrected chi connectivity index (χ0v) is 11.8. The standard InChI is InChI=1S/C17H18O3/c1-18-16-9-8-15-14(17(16)19-2)10-13(11-20-15)12-6-4-3-5-7-12/h3-9,13H,10-11H2,1-2H3. The van der Waals surface area contributed by atoms with Crippen LogP contribution in [0.5, 0.6) is 17.2 Å². The molecule has 0 aromatic heterocycles. The highest BCUT2D eigenvalue weighted by atomic mass is 16.5. The van der Waals surface area contributed by atoms with Crippen LogP contribution < -0.4 is 14.2 Å². The van der Waals surface area contributed by atoms with E-state index in [-0.39, 0.29) is 0 Å². The van der Waals surface area contributed by atoms with Gasteiger partial charge in [0.2, 0.25) is 0 Å². The molecule has 0 spiro atoms. The second kappa shape index (κ2) is 5.45. The third kappa shape index (κ3) is 2.20. The molecule has 2 aromatic carbocycles. The fourth-order valence-electron chi connectivity index (χ4n) is 2.74. The van der Waals surface area contributed by atoms with Crippen molar-refractivity contribution in [2.45, 2.75) is 12.3 Å². The van der Waals surface area contributed by atoms with E-state index in [0.29, 0.717) is 12.5 Å². The van der Waals surface area contributed by atoms with Gasteiger partial charge in [0.05, 0.1) is 20.8 Å². The molecule has 0 bridgehead atoms. The molecular formula is C17H18O3. The predicted octanol–water partition coefficient (Wildman–Crippen LogP) is 3.42. The van der Waals surface area contributed by atoms with Crippen LogP contribution in [-0.2, 0) is 6.42 Å². The van der Waals surface area contributed by atoms with Crippen molar-refractivity contribution in [3.8, 4) is 17.2 Å². The molecule has 1 heterocycles. The number of methoxy groups -OCH3 is 2. The Bertz CT molecular complexity index is 593. The Balaban J connectivity index is 1.97. The molecule has 0 saturated carbocycles. The van der Waals surface area contributed by atoms with Gasteiger partial charge in [-0.3, -0.25) is 0 Å². The van der Waals surface area contributed by atoms with Gasteiger partial charge in [0.15, 0.2) is 11.5 Å². The number of rotatable bonds is 3. The second-order valence-electron chi connectivity index (χ2n) is 4.90. The van der Waals surface area contributed by atoms with Crippen LogP contribution in [0.4, 0.5) is 0 Å². The molecule has 2 aromatic rings. The van der Waals surface area contributed by atoms with E-state index in [2.05, 4.69) is 24.3 Å². The summed E-state index contributed by atoms with van der Waals surface area (Å²) in [5.74, 6) is 2.79. The monoisotopic (exact) mass is 270 g/mol. The fourth-order valence-corrected chi connectivity index (χ4v) is 2.74. The first kappa shape index (κ1) is 12.9. The van der Waals surface area contributed by atoms with Crippen LogP contribution in [0, 0.1) is 0 Å². The van der Waals surface area contributed by atoms with E-state index in [1.807, 2.05) is 18.2 Å².